The molecule has 1 N–H and O–H groups in total. The van der Waals surface area contributed by atoms with E-state index in [1.165, 1.54) is 0 Å². The number of anilines is 1. The van der Waals surface area contributed by atoms with Crippen LogP contribution in [0.15, 0.2) is 18.2 Å². The Labute approximate surface area is 146 Å². The maximum absolute atomic E-state index is 13.4. The summed E-state index contributed by atoms with van der Waals surface area (Å²) in [5.74, 6) is -0.555. The fourth-order valence-electron chi connectivity index (χ4n) is 2.81. The molecule has 7 nitrogen and oxygen atoms in total. The second kappa shape index (κ2) is 7.67. The predicted molar refractivity (Wildman–Crippen MR) is 92.1 cm³/mol. The monoisotopic (exact) mass is 353 g/mol. The number of nitro groups is 1. The number of likely N-dealkylation sites (tertiary alicyclic amines) is 1. The molecule has 25 heavy (non-hydrogen) atoms. The van der Waals surface area contributed by atoms with Crippen molar-refractivity contribution in [3.63, 3.8) is 0 Å². The van der Waals surface area contributed by atoms with Gasteiger partial charge in [0.2, 0.25) is 0 Å². The number of nitrogens with one attached hydrogen (secondary N) is 1. The van der Waals surface area contributed by atoms with Crippen LogP contribution >= 0.6 is 0 Å². The van der Waals surface area contributed by atoms with Crippen molar-refractivity contribution in [3.05, 3.63) is 34.1 Å². The summed E-state index contributed by atoms with van der Waals surface area (Å²) >= 11 is 0. The highest BCUT2D eigenvalue weighted by atomic mass is 19.1. The van der Waals surface area contributed by atoms with Gasteiger partial charge in [0, 0.05) is 25.2 Å². The Bertz CT molecular complexity index is 645. The maximum atomic E-state index is 13.4. The van der Waals surface area contributed by atoms with Crippen LogP contribution < -0.4 is 5.32 Å². The molecule has 1 amide bonds. The Morgan fingerprint density at radius 1 is 1.44 bits per heavy atom. The Balaban J connectivity index is 2.08. The van der Waals surface area contributed by atoms with Gasteiger partial charge in [-0.05, 0) is 46.1 Å². The van der Waals surface area contributed by atoms with E-state index in [1.54, 1.807) is 25.7 Å². The zero-order chi connectivity index (χ0) is 18.6. The third kappa shape index (κ3) is 5.30. The van der Waals surface area contributed by atoms with Crippen LogP contribution in [0.25, 0.3) is 0 Å². The van der Waals surface area contributed by atoms with Gasteiger partial charge in [-0.1, -0.05) is 0 Å². The fraction of sp³-hybridized carbons (Fsp3) is 0.588. The molecule has 0 spiro atoms. The number of carbonyl (C=O) groups is 1. The van der Waals surface area contributed by atoms with Crippen molar-refractivity contribution in [2.75, 3.05) is 18.4 Å². The third-order valence-electron chi connectivity index (χ3n) is 3.94. The van der Waals surface area contributed by atoms with Crippen LogP contribution in [0, 0.1) is 15.9 Å². The molecule has 138 valence electrons. The van der Waals surface area contributed by atoms with Crippen molar-refractivity contribution >= 4 is 17.5 Å². The van der Waals surface area contributed by atoms with E-state index in [1.807, 2.05) is 0 Å². The average Bonchev–Trinajstić information content (AvgIpc) is 2.51. The lowest BCUT2D eigenvalue weighted by Gasteiger charge is -2.37. The molecule has 1 saturated heterocycles. The van der Waals surface area contributed by atoms with Gasteiger partial charge in [0.05, 0.1) is 11.0 Å². The summed E-state index contributed by atoms with van der Waals surface area (Å²) < 4.78 is 18.9. The van der Waals surface area contributed by atoms with Crippen LogP contribution in [0.4, 0.5) is 20.6 Å². The second-order valence-electron chi connectivity index (χ2n) is 7.12. The average molecular weight is 353 g/mol. The number of nitro benzene ring substituents is 1. The molecule has 1 aromatic rings. The number of carbonyl (C=O) groups excluding carboxylic acids is 1. The lowest BCUT2D eigenvalue weighted by atomic mass is 10.0. The van der Waals surface area contributed by atoms with E-state index in [0.717, 1.165) is 37.5 Å². The number of piperidine rings is 1. The number of rotatable bonds is 4. The standard InChI is InChI=1S/C17H24FN3O4/c1-17(2,3)25-16(22)20-9-5-4-6-13(20)11-19-14-10-12(18)7-8-15(14)21(23)24/h7-8,10,13,19H,4-6,9,11H2,1-3H3. The molecule has 0 radical (unpaired) electrons. The first-order valence-electron chi connectivity index (χ1n) is 8.35. The van der Waals surface area contributed by atoms with Gasteiger partial charge in [-0.25, -0.2) is 9.18 Å². The van der Waals surface area contributed by atoms with Gasteiger partial charge in [-0.2, -0.15) is 0 Å². The SMILES string of the molecule is CC(C)(C)OC(=O)N1CCCCC1CNc1cc(F)ccc1[N+](=O)[O-]. The molecule has 1 aromatic carbocycles. The van der Waals surface area contributed by atoms with Crippen LogP contribution in [-0.4, -0.2) is 40.6 Å². The zero-order valence-electron chi connectivity index (χ0n) is 14.8. The van der Waals surface area contributed by atoms with Crippen LogP contribution in [0.1, 0.15) is 40.0 Å². The summed E-state index contributed by atoms with van der Waals surface area (Å²) in [6.45, 7) is 6.28. The largest absolute Gasteiger partial charge is 0.444 e. The number of amides is 1. The van der Waals surface area contributed by atoms with Crippen molar-refractivity contribution in [1.82, 2.24) is 4.90 Å². The van der Waals surface area contributed by atoms with E-state index < -0.39 is 22.4 Å². The van der Waals surface area contributed by atoms with Crippen LogP contribution in [-0.2, 0) is 4.74 Å². The van der Waals surface area contributed by atoms with Gasteiger partial charge in [-0.3, -0.25) is 10.1 Å². The molecule has 8 heteroatoms. The summed E-state index contributed by atoms with van der Waals surface area (Å²) in [5, 5.41) is 14.0. The normalized spacial score (nSPS) is 17.9. The number of nitrogens with zero attached hydrogens (tertiary/aromatic N) is 2. The van der Waals surface area contributed by atoms with Gasteiger partial charge in [0.25, 0.3) is 5.69 Å². The molecule has 1 atom stereocenters. The summed E-state index contributed by atoms with van der Waals surface area (Å²) in [6.07, 6.45) is 2.20. The lowest BCUT2D eigenvalue weighted by Crippen LogP contribution is -2.48. The summed E-state index contributed by atoms with van der Waals surface area (Å²) in [4.78, 5) is 24.5. The Hall–Kier alpha value is -2.38. The molecule has 1 heterocycles. The Morgan fingerprint density at radius 2 is 2.16 bits per heavy atom. The van der Waals surface area contributed by atoms with Crippen molar-refractivity contribution < 1.29 is 18.8 Å². The molecule has 1 unspecified atom stereocenters. The fourth-order valence-corrected chi connectivity index (χ4v) is 2.81. The van der Waals surface area contributed by atoms with Crippen LogP contribution in [0.5, 0.6) is 0 Å². The molecular formula is C17H24FN3O4. The number of hydrogen-bond acceptors (Lipinski definition) is 5. The van der Waals surface area contributed by atoms with Gasteiger partial charge in [-0.15, -0.1) is 0 Å². The van der Waals surface area contributed by atoms with E-state index in [2.05, 4.69) is 5.32 Å². The highest BCUT2D eigenvalue weighted by Crippen LogP contribution is 2.26. The quantitative estimate of drug-likeness (QED) is 0.655. The summed E-state index contributed by atoms with van der Waals surface area (Å²) in [7, 11) is 0. The smallest absolute Gasteiger partial charge is 0.410 e. The third-order valence-corrected chi connectivity index (χ3v) is 3.94. The van der Waals surface area contributed by atoms with Gasteiger partial charge in [0.15, 0.2) is 0 Å². The van der Waals surface area contributed by atoms with Gasteiger partial charge < -0.3 is 15.0 Å². The zero-order valence-corrected chi connectivity index (χ0v) is 14.8. The van der Waals surface area contributed by atoms with Crippen LogP contribution in [0.3, 0.4) is 0 Å². The minimum absolute atomic E-state index is 0.111. The molecule has 1 fully saturated rings. The van der Waals surface area contributed by atoms with Gasteiger partial charge >= 0.3 is 6.09 Å². The molecular weight excluding hydrogens is 329 g/mol. The van der Waals surface area contributed by atoms with E-state index >= 15 is 0 Å². The van der Waals surface area contributed by atoms with Crippen molar-refractivity contribution in [2.24, 2.45) is 0 Å². The molecule has 0 bridgehead atoms. The topological polar surface area (TPSA) is 84.7 Å². The Morgan fingerprint density at radius 3 is 2.80 bits per heavy atom. The molecule has 1 aliphatic rings. The van der Waals surface area contributed by atoms with E-state index in [4.69, 9.17) is 4.74 Å². The maximum Gasteiger partial charge on any atom is 0.410 e. The molecule has 0 aromatic heterocycles. The second-order valence-corrected chi connectivity index (χ2v) is 7.12. The first kappa shape index (κ1) is 19.0. The minimum Gasteiger partial charge on any atom is -0.444 e. The molecule has 0 saturated carbocycles. The summed E-state index contributed by atoms with van der Waals surface area (Å²) in [5.41, 5.74) is -0.672. The first-order valence-corrected chi connectivity index (χ1v) is 8.35. The van der Waals surface area contributed by atoms with Crippen LogP contribution in [0.2, 0.25) is 0 Å². The first-order chi connectivity index (χ1) is 11.7. The van der Waals surface area contributed by atoms with E-state index in [9.17, 15) is 19.3 Å². The van der Waals surface area contributed by atoms with E-state index in [0.29, 0.717) is 13.1 Å². The predicted octanol–water partition coefficient (Wildman–Crippen LogP) is 3.94. The highest BCUT2D eigenvalue weighted by Gasteiger charge is 2.30. The molecule has 2 rings (SSSR count). The van der Waals surface area contributed by atoms with Crippen molar-refractivity contribution in [2.45, 2.75) is 51.7 Å². The van der Waals surface area contributed by atoms with E-state index in [-0.39, 0.29) is 17.4 Å². The van der Waals surface area contributed by atoms with Gasteiger partial charge in [0.1, 0.15) is 17.1 Å². The minimum atomic E-state index is -0.589. The van der Waals surface area contributed by atoms with Crippen molar-refractivity contribution in [3.8, 4) is 0 Å². The number of ether oxygens (including phenoxy) is 1. The van der Waals surface area contributed by atoms with Crippen molar-refractivity contribution in [1.29, 1.82) is 0 Å². The molecule has 1 aliphatic heterocycles. The highest BCUT2D eigenvalue weighted by molar-refractivity contribution is 5.69. The summed E-state index contributed by atoms with van der Waals surface area (Å²) in [6, 6.07) is 3.12. The number of benzene rings is 1. The lowest BCUT2D eigenvalue weighted by molar-refractivity contribution is -0.384. The molecule has 0 aliphatic carbocycles. The number of halogens is 1. The number of hydrogen-bond donors (Lipinski definition) is 1. The Kier molecular flexibility index (Phi) is 5.81.